The lowest BCUT2D eigenvalue weighted by Gasteiger charge is -2.26. The molecule has 28 heavy (non-hydrogen) atoms. The topological polar surface area (TPSA) is 75.7 Å². The van der Waals surface area contributed by atoms with Gasteiger partial charge in [-0.1, -0.05) is 54.1 Å². The highest BCUT2D eigenvalue weighted by Gasteiger charge is 2.25. The molecule has 0 radical (unpaired) electrons. The lowest BCUT2D eigenvalue weighted by molar-refractivity contribution is -0.120. The van der Waals surface area contributed by atoms with E-state index in [4.69, 9.17) is 4.74 Å². The van der Waals surface area contributed by atoms with Crippen molar-refractivity contribution in [2.75, 3.05) is 26.3 Å². The molecule has 0 aliphatic carbocycles. The van der Waals surface area contributed by atoms with Crippen molar-refractivity contribution < 1.29 is 17.9 Å². The number of rotatable bonds is 7. The quantitative estimate of drug-likeness (QED) is 0.769. The molecule has 150 valence electrons. The van der Waals surface area contributed by atoms with Crippen LogP contribution in [0.4, 0.5) is 0 Å². The van der Waals surface area contributed by atoms with Gasteiger partial charge in [0.15, 0.2) is 0 Å². The Balaban J connectivity index is 1.62. The van der Waals surface area contributed by atoms with Crippen molar-refractivity contribution in [3.8, 4) is 0 Å². The summed E-state index contributed by atoms with van der Waals surface area (Å²) in [5, 5.41) is 2.91. The molecule has 6 nitrogen and oxygen atoms in total. The molecule has 7 heteroatoms. The molecule has 2 aromatic carbocycles. The molecule has 2 aromatic rings. The van der Waals surface area contributed by atoms with Gasteiger partial charge in [-0.05, 0) is 23.6 Å². The number of nitrogens with one attached hydrogen (secondary N) is 1. The Morgan fingerprint density at radius 1 is 1.07 bits per heavy atom. The van der Waals surface area contributed by atoms with Gasteiger partial charge >= 0.3 is 0 Å². The summed E-state index contributed by atoms with van der Waals surface area (Å²) in [6, 6.07) is 15.2. The zero-order chi connectivity index (χ0) is 20.0. The van der Waals surface area contributed by atoms with Crippen molar-refractivity contribution in [2.45, 2.75) is 25.6 Å². The number of amides is 1. The zero-order valence-electron chi connectivity index (χ0n) is 16.1. The number of hydrogen-bond donors (Lipinski definition) is 1. The van der Waals surface area contributed by atoms with E-state index in [-0.39, 0.29) is 11.7 Å². The first-order valence-electron chi connectivity index (χ1n) is 9.38. The molecule has 0 spiro atoms. The molecule has 1 N–H and O–H groups in total. The largest absolute Gasteiger partial charge is 0.379 e. The van der Waals surface area contributed by atoms with Crippen molar-refractivity contribution >= 4 is 15.9 Å². The number of sulfonamides is 1. The predicted molar refractivity (Wildman–Crippen MR) is 108 cm³/mol. The molecule has 1 fully saturated rings. The van der Waals surface area contributed by atoms with Gasteiger partial charge in [-0.15, -0.1) is 0 Å². The molecule has 0 bridgehead atoms. The van der Waals surface area contributed by atoms with Crippen LogP contribution in [0.3, 0.4) is 0 Å². The molecule has 0 aromatic heterocycles. The van der Waals surface area contributed by atoms with E-state index in [1.807, 2.05) is 49.4 Å². The normalized spacial score (nSPS) is 15.3. The summed E-state index contributed by atoms with van der Waals surface area (Å²) in [6.07, 6.45) is 0.302. The SMILES string of the molecule is Cc1cccc(CC(=O)NCc2ccccc2CS(=O)(=O)N2CCOCC2)c1. The molecule has 0 saturated carbocycles. The van der Waals surface area contributed by atoms with Crippen molar-refractivity contribution in [3.63, 3.8) is 0 Å². The van der Waals surface area contributed by atoms with E-state index in [1.54, 1.807) is 6.07 Å². The van der Waals surface area contributed by atoms with E-state index in [9.17, 15) is 13.2 Å². The number of carbonyl (C=O) groups excluding carboxylic acids is 1. The van der Waals surface area contributed by atoms with Crippen molar-refractivity contribution in [1.82, 2.24) is 9.62 Å². The van der Waals surface area contributed by atoms with Crippen molar-refractivity contribution in [2.24, 2.45) is 0 Å². The minimum absolute atomic E-state index is 0.0725. The Bertz CT molecular complexity index is 922. The summed E-state index contributed by atoms with van der Waals surface area (Å²) in [5.41, 5.74) is 3.60. The molecular formula is C21H26N2O4S. The Labute approximate surface area is 166 Å². The molecule has 3 rings (SSSR count). The highest BCUT2D eigenvalue weighted by molar-refractivity contribution is 7.88. The molecule has 1 amide bonds. The first-order valence-corrected chi connectivity index (χ1v) is 11.0. The number of aryl methyl sites for hydroxylation is 1. The molecule has 1 heterocycles. The number of nitrogens with zero attached hydrogens (tertiary/aromatic N) is 1. The van der Waals surface area contributed by atoms with E-state index in [2.05, 4.69) is 5.32 Å². The average molecular weight is 403 g/mol. The minimum Gasteiger partial charge on any atom is -0.379 e. The summed E-state index contributed by atoms with van der Waals surface area (Å²) in [4.78, 5) is 12.3. The van der Waals surface area contributed by atoms with Crippen molar-refractivity contribution in [1.29, 1.82) is 0 Å². The average Bonchev–Trinajstić information content (AvgIpc) is 2.68. The Hall–Kier alpha value is -2.22. The van der Waals surface area contributed by atoms with Gasteiger partial charge in [0, 0.05) is 19.6 Å². The van der Waals surface area contributed by atoms with Crippen LogP contribution >= 0.6 is 0 Å². The fourth-order valence-electron chi connectivity index (χ4n) is 3.25. The monoisotopic (exact) mass is 402 g/mol. The van der Waals surface area contributed by atoms with E-state index in [0.29, 0.717) is 44.8 Å². The van der Waals surface area contributed by atoms with Gasteiger partial charge in [-0.3, -0.25) is 4.79 Å². The van der Waals surface area contributed by atoms with Gasteiger partial charge < -0.3 is 10.1 Å². The lowest BCUT2D eigenvalue weighted by atomic mass is 10.1. The van der Waals surface area contributed by atoms with Crippen molar-refractivity contribution in [3.05, 3.63) is 70.8 Å². The van der Waals surface area contributed by atoms with Gasteiger partial charge in [0.05, 0.1) is 25.4 Å². The van der Waals surface area contributed by atoms with E-state index in [0.717, 1.165) is 16.7 Å². The van der Waals surface area contributed by atoms with Crippen LogP contribution in [0, 0.1) is 6.92 Å². The van der Waals surface area contributed by atoms with E-state index >= 15 is 0 Å². The molecule has 0 atom stereocenters. The summed E-state index contributed by atoms with van der Waals surface area (Å²) in [5.74, 6) is -0.159. The summed E-state index contributed by atoms with van der Waals surface area (Å²) in [7, 11) is -3.41. The number of carbonyl (C=O) groups is 1. The second-order valence-electron chi connectivity index (χ2n) is 6.98. The predicted octanol–water partition coefficient (Wildman–Crippen LogP) is 2.02. The second kappa shape index (κ2) is 9.32. The molecule has 0 unspecified atom stereocenters. The minimum atomic E-state index is -3.41. The maximum absolute atomic E-state index is 12.7. The highest BCUT2D eigenvalue weighted by Crippen LogP contribution is 2.16. The van der Waals surface area contributed by atoms with Crippen LogP contribution in [0.5, 0.6) is 0 Å². The third-order valence-electron chi connectivity index (χ3n) is 4.74. The Kier molecular flexibility index (Phi) is 6.83. The maximum atomic E-state index is 12.7. The first kappa shape index (κ1) is 20.5. The highest BCUT2D eigenvalue weighted by atomic mass is 32.2. The van der Waals surface area contributed by atoms with Gasteiger partial charge in [-0.2, -0.15) is 4.31 Å². The smallest absolute Gasteiger partial charge is 0.224 e. The van der Waals surface area contributed by atoms with Crippen LogP contribution in [0.1, 0.15) is 22.3 Å². The third kappa shape index (κ3) is 5.64. The summed E-state index contributed by atoms with van der Waals surface area (Å²) in [6.45, 7) is 3.92. The number of benzene rings is 2. The summed E-state index contributed by atoms with van der Waals surface area (Å²) < 4.78 is 32.1. The van der Waals surface area contributed by atoms with Crippen LogP contribution < -0.4 is 5.32 Å². The molecule has 1 aliphatic rings. The van der Waals surface area contributed by atoms with Gasteiger partial charge in [0.25, 0.3) is 0 Å². The molecular weight excluding hydrogens is 376 g/mol. The fourth-order valence-corrected chi connectivity index (χ4v) is 4.81. The van der Waals surface area contributed by atoms with Gasteiger partial charge in [0.1, 0.15) is 0 Å². The molecule has 1 aliphatic heterocycles. The lowest BCUT2D eigenvalue weighted by Crippen LogP contribution is -2.41. The second-order valence-corrected chi connectivity index (χ2v) is 8.95. The number of hydrogen-bond acceptors (Lipinski definition) is 4. The van der Waals surface area contributed by atoms with Crippen LogP contribution in [-0.2, 0) is 38.3 Å². The Morgan fingerprint density at radius 3 is 2.50 bits per heavy atom. The van der Waals surface area contributed by atoms with Crippen LogP contribution in [0.15, 0.2) is 48.5 Å². The Morgan fingerprint density at radius 2 is 1.79 bits per heavy atom. The third-order valence-corrected chi connectivity index (χ3v) is 6.57. The standard InChI is InChI=1S/C21H26N2O4S/c1-17-5-4-6-18(13-17)14-21(24)22-15-19-7-2-3-8-20(19)16-28(25,26)23-9-11-27-12-10-23/h2-8,13H,9-12,14-16H2,1H3,(H,22,24). The molecule has 1 saturated heterocycles. The van der Waals surface area contributed by atoms with E-state index in [1.165, 1.54) is 4.31 Å². The number of morpholine rings is 1. The van der Waals surface area contributed by atoms with Crippen LogP contribution in [0.2, 0.25) is 0 Å². The van der Waals surface area contributed by atoms with Gasteiger partial charge in [-0.25, -0.2) is 8.42 Å². The van der Waals surface area contributed by atoms with E-state index < -0.39 is 10.0 Å². The fraction of sp³-hybridized carbons (Fsp3) is 0.381. The summed E-state index contributed by atoms with van der Waals surface area (Å²) >= 11 is 0. The van der Waals surface area contributed by atoms with Gasteiger partial charge in [0.2, 0.25) is 15.9 Å². The maximum Gasteiger partial charge on any atom is 0.224 e. The number of ether oxygens (including phenoxy) is 1. The first-order chi connectivity index (χ1) is 13.4. The zero-order valence-corrected chi connectivity index (χ0v) is 16.9. The van der Waals surface area contributed by atoms with Crippen LogP contribution in [0.25, 0.3) is 0 Å². The van der Waals surface area contributed by atoms with Crippen LogP contribution in [-0.4, -0.2) is 44.9 Å².